The van der Waals surface area contributed by atoms with Gasteiger partial charge in [0, 0.05) is 12.1 Å². The van der Waals surface area contributed by atoms with E-state index in [9.17, 15) is 12.8 Å². The topological polar surface area (TPSA) is 66.4 Å². The SMILES string of the molecule is CSCCCCCNS(=O)(=O)c1cc(C)c(F)c(CO)c1. The molecular weight excluding hydrogens is 313 g/mol. The maximum atomic E-state index is 13.6. The Morgan fingerprint density at radius 1 is 1.29 bits per heavy atom. The Labute approximate surface area is 130 Å². The van der Waals surface area contributed by atoms with Crippen molar-refractivity contribution in [1.29, 1.82) is 0 Å². The van der Waals surface area contributed by atoms with E-state index in [1.165, 1.54) is 19.1 Å². The maximum absolute atomic E-state index is 13.6. The predicted molar refractivity (Wildman–Crippen MR) is 84.5 cm³/mol. The summed E-state index contributed by atoms with van der Waals surface area (Å²) in [6.45, 7) is 1.32. The van der Waals surface area contributed by atoms with Crippen molar-refractivity contribution in [3.63, 3.8) is 0 Å². The molecule has 7 heteroatoms. The van der Waals surface area contributed by atoms with Gasteiger partial charge in [0.15, 0.2) is 0 Å². The lowest BCUT2D eigenvalue weighted by Gasteiger charge is -2.10. The Morgan fingerprint density at radius 3 is 2.62 bits per heavy atom. The van der Waals surface area contributed by atoms with Crippen molar-refractivity contribution in [3.8, 4) is 0 Å². The number of aliphatic hydroxyl groups is 1. The molecule has 0 atom stereocenters. The lowest BCUT2D eigenvalue weighted by Crippen LogP contribution is -2.25. The fourth-order valence-corrected chi connectivity index (χ4v) is 3.62. The summed E-state index contributed by atoms with van der Waals surface area (Å²) < 4.78 is 40.4. The highest BCUT2D eigenvalue weighted by molar-refractivity contribution is 7.98. The van der Waals surface area contributed by atoms with Crippen LogP contribution in [0.25, 0.3) is 0 Å². The van der Waals surface area contributed by atoms with E-state index >= 15 is 0 Å². The molecule has 0 amide bonds. The zero-order chi connectivity index (χ0) is 15.9. The fourth-order valence-electron chi connectivity index (χ4n) is 1.92. The van der Waals surface area contributed by atoms with Crippen molar-refractivity contribution < 1.29 is 17.9 Å². The number of rotatable bonds is 9. The van der Waals surface area contributed by atoms with Gasteiger partial charge in [0.1, 0.15) is 5.82 Å². The lowest BCUT2D eigenvalue weighted by molar-refractivity contribution is 0.275. The number of aliphatic hydroxyl groups excluding tert-OH is 1. The molecule has 0 aliphatic heterocycles. The van der Waals surface area contributed by atoms with Crippen LogP contribution in [0.5, 0.6) is 0 Å². The van der Waals surface area contributed by atoms with Crippen LogP contribution in [0.4, 0.5) is 4.39 Å². The molecule has 0 spiro atoms. The molecule has 0 aliphatic rings. The smallest absolute Gasteiger partial charge is 0.240 e. The maximum Gasteiger partial charge on any atom is 0.240 e. The van der Waals surface area contributed by atoms with Crippen LogP contribution in [-0.2, 0) is 16.6 Å². The van der Waals surface area contributed by atoms with Gasteiger partial charge in [0.25, 0.3) is 0 Å². The summed E-state index contributed by atoms with van der Waals surface area (Å²) in [7, 11) is -3.66. The van der Waals surface area contributed by atoms with Crippen LogP contribution in [0.15, 0.2) is 17.0 Å². The summed E-state index contributed by atoms with van der Waals surface area (Å²) >= 11 is 1.77. The monoisotopic (exact) mass is 335 g/mol. The highest BCUT2D eigenvalue weighted by atomic mass is 32.2. The van der Waals surface area contributed by atoms with Crippen molar-refractivity contribution in [2.75, 3.05) is 18.6 Å². The number of halogens is 1. The average molecular weight is 335 g/mol. The van der Waals surface area contributed by atoms with Crippen molar-refractivity contribution in [1.82, 2.24) is 4.72 Å². The largest absolute Gasteiger partial charge is 0.392 e. The highest BCUT2D eigenvalue weighted by Gasteiger charge is 2.17. The van der Waals surface area contributed by atoms with E-state index in [4.69, 9.17) is 5.11 Å². The summed E-state index contributed by atoms with van der Waals surface area (Å²) in [6.07, 6.45) is 4.84. The van der Waals surface area contributed by atoms with E-state index < -0.39 is 22.4 Å². The molecule has 0 saturated heterocycles. The first-order valence-electron chi connectivity index (χ1n) is 6.81. The van der Waals surface area contributed by atoms with Gasteiger partial charge in [-0.25, -0.2) is 17.5 Å². The Morgan fingerprint density at radius 2 is 2.00 bits per heavy atom. The summed E-state index contributed by atoms with van der Waals surface area (Å²) in [6, 6.07) is 2.46. The molecule has 0 bridgehead atoms. The van der Waals surface area contributed by atoms with Gasteiger partial charge in [0.2, 0.25) is 10.0 Å². The number of thioether (sulfide) groups is 1. The molecule has 0 aromatic heterocycles. The van der Waals surface area contributed by atoms with E-state index in [1.807, 2.05) is 6.26 Å². The van der Waals surface area contributed by atoms with Crippen molar-refractivity contribution >= 4 is 21.8 Å². The second-order valence-corrected chi connectivity index (χ2v) is 7.58. The average Bonchev–Trinajstić information content (AvgIpc) is 2.45. The predicted octanol–water partition coefficient (Wildman–Crippen LogP) is 2.44. The van der Waals surface area contributed by atoms with Gasteiger partial charge >= 0.3 is 0 Å². The molecule has 2 N–H and O–H groups in total. The fraction of sp³-hybridized carbons (Fsp3) is 0.571. The first kappa shape index (κ1) is 18.4. The van der Waals surface area contributed by atoms with E-state index in [1.54, 1.807) is 11.8 Å². The zero-order valence-electron chi connectivity index (χ0n) is 12.4. The third kappa shape index (κ3) is 5.58. The van der Waals surface area contributed by atoms with E-state index in [-0.39, 0.29) is 16.0 Å². The molecule has 1 aromatic rings. The number of benzene rings is 1. The Kier molecular flexibility index (Phi) is 7.65. The summed E-state index contributed by atoms with van der Waals surface area (Å²) in [5.74, 6) is 0.512. The third-order valence-corrected chi connectivity index (χ3v) is 5.24. The van der Waals surface area contributed by atoms with Crippen LogP contribution in [0.3, 0.4) is 0 Å². The molecule has 0 radical (unpaired) electrons. The first-order chi connectivity index (χ1) is 9.92. The Bertz CT molecular complexity index is 562. The summed E-state index contributed by atoms with van der Waals surface area (Å²) in [5.41, 5.74) is 0.206. The molecule has 0 unspecified atom stereocenters. The van der Waals surface area contributed by atoms with Gasteiger partial charge < -0.3 is 5.11 Å². The van der Waals surface area contributed by atoms with Gasteiger partial charge in [-0.15, -0.1) is 0 Å². The third-order valence-electron chi connectivity index (χ3n) is 3.10. The zero-order valence-corrected chi connectivity index (χ0v) is 14.0. The van der Waals surface area contributed by atoms with Crippen LogP contribution in [0, 0.1) is 12.7 Å². The number of hydrogen-bond donors (Lipinski definition) is 2. The number of unbranched alkanes of at least 4 members (excludes halogenated alkanes) is 2. The van der Waals surface area contributed by atoms with Crippen LogP contribution >= 0.6 is 11.8 Å². The van der Waals surface area contributed by atoms with Crippen molar-refractivity contribution in [2.45, 2.75) is 37.7 Å². The molecule has 0 aliphatic carbocycles. The molecule has 21 heavy (non-hydrogen) atoms. The quantitative estimate of drug-likeness (QED) is 0.680. The Hall–Kier alpha value is -0.630. The minimum absolute atomic E-state index is 0.00431. The summed E-state index contributed by atoms with van der Waals surface area (Å²) in [5, 5.41) is 9.07. The number of hydrogen-bond acceptors (Lipinski definition) is 4. The molecule has 0 saturated carbocycles. The molecule has 0 heterocycles. The van der Waals surface area contributed by atoms with Crippen LogP contribution in [0.1, 0.15) is 30.4 Å². The molecule has 120 valence electrons. The van der Waals surface area contributed by atoms with Gasteiger partial charge in [-0.2, -0.15) is 11.8 Å². The minimum Gasteiger partial charge on any atom is -0.392 e. The Balaban J connectivity index is 2.68. The molecule has 0 fully saturated rings. The normalized spacial score (nSPS) is 11.8. The minimum atomic E-state index is -3.66. The molecule has 1 aromatic carbocycles. The summed E-state index contributed by atoms with van der Waals surface area (Å²) in [4.78, 5) is -0.00503. The van der Waals surface area contributed by atoms with E-state index in [0.717, 1.165) is 25.0 Å². The molecular formula is C14H22FNO3S2. The van der Waals surface area contributed by atoms with Crippen LogP contribution in [0.2, 0.25) is 0 Å². The van der Waals surface area contributed by atoms with Gasteiger partial charge in [-0.05, 0) is 49.5 Å². The second-order valence-electron chi connectivity index (χ2n) is 4.82. The van der Waals surface area contributed by atoms with Crippen LogP contribution in [-0.4, -0.2) is 32.1 Å². The van der Waals surface area contributed by atoms with Gasteiger partial charge in [-0.3, -0.25) is 0 Å². The standard InChI is InChI=1S/C14H22FNO3S2/c1-11-8-13(9-12(10-17)14(11)15)21(18,19)16-6-4-3-5-7-20-2/h8-9,16-17H,3-7,10H2,1-2H3. The first-order valence-corrected chi connectivity index (χ1v) is 9.68. The number of aryl methyl sites for hydroxylation is 1. The second kappa shape index (κ2) is 8.73. The number of sulfonamides is 1. The van der Waals surface area contributed by atoms with Crippen molar-refractivity contribution in [2.24, 2.45) is 0 Å². The van der Waals surface area contributed by atoms with Gasteiger partial charge in [-0.1, -0.05) is 6.42 Å². The van der Waals surface area contributed by atoms with Crippen molar-refractivity contribution in [3.05, 3.63) is 29.1 Å². The lowest BCUT2D eigenvalue weighted by atomic mass is 10.1. The van der Waals surface area contributed by atoms with E-state index in [2.05, 4.69) is 4.72 Å². The molecule has 4 nitrogen and oxygen atoms in total. The van der Waals surface area contributed by atoms with E-state index in [0.29, 0.717) is 6.54 Å². The number of nitrogens with one attached hydrogen (secondary N) is 1. The molecule has 1 rings (SSSR count). The van der Waals surface area contributed by atoms with Gasteiger partial charge in [0.05, 0.1) is 11.5 Å². The van der Waals surface area contributed by atoms with Crippen LogP contribution < -0.4 is 4.72 Å². The highest BCUT2D eigenvalue weighted by Crippen LogP contribution is 2.19.